The van der Waals surface area contributed by atoms with Crippen LogP contribution in [0.1, 0.15) is 18.6 Å². The van der Waals surface area contributed by atoms with Gasteiger partial charge >= 0.3 is 0 Å². The Morgan fingerprint density at radius 2 is 2.07 bits per heavy atom. The smallest absolute Gasteiger partial charge is 0.158 e. The number of carbonyl (C=O) groups is 1. The molecule has 0 spiro atoms. The SMILES string of the molecule is C=C(C(C)=O)[C@H](O)c1ccccc1F. The molecule has 0 saturated carbocycles. The second kappa shape index (κ2) is 4.15. The van der Waals surface area contributed by atoms with Crippen molar-refractivity contribution in [3.8, 4) is 0 Å². The third-order valence-electron chi connectivity index (χ3n) is 1.98. The van der Waals surface area contributed by atoms with E-state index in [0.29, 0.717) is 0 Å². The Hall–Kier alpha value is -1.48. The fourth-order valence-electron chi connectivity index (χ4n) is 1.08. The lowest BCUT2D eigenvalue weighted by Crippen LogP contribution is -2.08. The van der Waals surface area contributed by atoms with Gasteiger partial charge in [0, 0.05) is 11.1 Å². The maximum Gasteiger partial charge on any atom is 0.158 e. The van der Waals surface area contributed by atoms with Crippen molar-refractivity contribution < 1.29 is 14.3 Å². The van der Waals surface area contributed by atoms with Gasteiger partial charge in [0.25, 0.3) is 0 Å². The van der Waals surface area contributed by atoms with Crippen LogP contribution in [0.2, 0.25) is 0 Å². The Bertz CT molecular complexity index is 371. The number of aliphatic hydroxyl groups is 1. The Kier molecular flexibility index (Phi) is 3.14. The van der Waals surface area contributed by atoms with E-state index >= 15 is 0 Å². The molecule has 1 N–H and O–H groups in total. The molecular weight excluding hydrogens is 183 g/mol. The summed E-state index contributed by atoms with van der Waals surface area (Å²) in [7, 11) is 0. The molecule has 0 radical (unpaired) electrons. The van der Waals surface area contributed by atoms with Crippen LogP contribution >= 0.6 is 0 Å². The van der Waals surface area contributed by atoms with Crippen LogP contribution in [-0.4, -0.2) is 10.9 Å². The Morgan fingerprint density at radius 1 is 1.50 bits per heavy atom. The number of benzene rings is 1. The number of rotatable bonds is 3. The van der Waals surface area contributed by atoms with Crippen molar-refractivity contribution in [2.45, 2.75) is 13.0 Å². The minimum absolute atomic E-state index is 0.00454. The molecule has 0 saturated heterocycles. The zero-order valence-corrected chi connectivity index (χ0v) is 7.83. The highest BCUT2D eigenvalue weighted by Gasteiger charge is 2.17. The number of halogens is 1. The van der Waals surface area contributed by atoms with Crippen molar-refractivity contribution in [2.75, 3.05) is 0 Å². The van der Waals surface area contributed by atoms with E-state index < -0.39 is 11.9 Å². The zero-order valence-electron chi connectivity index (χ0n) is 7.83. The third-order valence-corrected chi connectivity index (χ3v) is 1.98. The molecule has 1 rings (SSSR count). The van der Waals surface area contributed by atoms with Crippen molar-refractivity contribution >= 4 is 5.78 Å². The molecule has 0 aliphatic heterocycles. The lowest BCUT2D eigenvalue weighted by molar-refractivity contribution is -0.114. The lowest BCUT2D eigenvalue weighted by Gasteiger charge is -2.12. The Balaban J connectivity index is 3.01. The first-order chi connectivity index (χ1) is 6.54. The van der Waals surface area contributed by atoms with Crippen molar-refractivity contribution in [1.29, 1.82) is 0 Å². The quantitative estimate of drug-likeness (QED) is 0.747. The van der Waals surface area contributed by atoms with E-state index in [9.17, 15) is 14.3 Å². The van der Waals surface area contributed by atoms with Gasteiger partial charge in [-0.25, -0.2) is 4.39 Å². The van der Waals surface area contributed by atoms with Crippen LogP contribution in [0.3, 0.4) is 0 Å². The van der Waals surface area contributed by atoms with Gasteiger partial charge in [-0.2, -0.15) is 0 Å². The molecule has 0 aromatic heterocycles. The minimum Gasteiger partial charge on any atom is -0.383 e. The van der Waals surface area contributed by atoms with Gasteiger partial charge in [-0.1, -0.05) is 24.8 Å². The molecule has 3 heteroatoms. The second-order valence-corrected chi connectivity index (χ2v) is 3.01. The normalized spacial score (nSPS) is 12.2. The minimum atomic E-state index is -1.26. The molecule has 14 heavy (non-hydrogen) atoms. The number of ketones is 1. The van der Waals surface area contributed by atoms with E-state index in [4.69, 9.17) is 0 Å². The molecule has 0 heterocycles. The van der Waals surface area contributed by atoms with Gasteiger partial charge in [0.15, 0.2) is 5.78 Å². The van der Waals surface area contributed by atoms with E-state index in [1.807, 2.05) is 0 Å². The van der Waals surface area contributed by atoms with E-state index in [-0.39, 0.29) is 16.9 Å². The molecule has 0 amide bonds. The van der Waals surface area contributed by atoms with Crippen molar-refractivity contribution in [1.82, 2.24) is 0 Å². The summed E-state index contributed by atoms with van der Waals surface area (Å²) in [5.74, 6) is -0.886. The fraction of sp³-hybridized carbons (Fsp3) is 0.182. The van der Waals surface area contributed by atoms with Crippen molar-refractivity contribution in [2.24, 2.45) is 0 Å². The predicted molar refractivity (Wildman–Crippen MR) is 51.2 cm³/mol. The summed E-state index contributed by atoms with van der Waals surface area (Å²) in [4.78, 5) is 10.9. The first-order valence-electron chi connectivity index (χ1n) is 4.16. The summed E-state index contributed by atoms with van der Waals surface area (Å²) in [6, 6.07) is 5.76. The molecular formula is C11H11FO2. The van der Waals surface area contributed by atoms with Gasteiger partial charge in [0.2, 0.25) is 0 Å². The Morgan fingerprint density at radius 3 is 2.57 bits per heavy atom. The summed E-state index contributed by atoms with van der Waals surface area (Å²) in [6.45, 7) is 4.69. The summed E-state index contributed by atoms with van der Waals surface area (Å²) in [5, 5.41) is 9.58. The highest BCUT2D eigenvalue weighted by Crippen LogP contribution is 2.22. The summed E-state index contributed by atoms with van der Waals surface area (Å²) in [6.07, 6.45) is -1.26. The molecule has 0 aliphatic carbocycles. The molecule has 74 valence electrons. The Labute approximate surface area is 81.7 Å². The largest absolute Gasteiger partial charge is 0.383 e. The summed E-state index contributed by atoms with van der Waals surface area (Å²) < 4.78 is 13.2. The molecule has 1 atom stereocenters. The number of hydrogen-bond acceptors (Lipinski definition) is 2. The molecule has 1 aromatic carbocycles. The lowest BCUT2D eigenvalue weighted by atomic mass is 10.00. The van der Waals surface area contributed by atoms with Gasteiger partial charge in [-0.05, 0) is 13.0 Å². The number of hydrogen-bond donors (Lipinski definition) is 1. The van der Waals surface area contributed by atoms with E-state index in [1.165, 1.54) is 25.1 Å². The molecule has 0 unspecified atom stereocenters. The maximum absolute atomic E-state index is 13.2. The number of carbonyl (C=O) groups excluding carboxylic acids is 1. The monoisotopic (exact) mass is 194 g/mol. The van der Waals surface area contributed by atoms with E-state index in [0.717, 1.165) is 0 Å². The highest BCUT2D eigenvalue weighted by atomic mass is 19.1. The van der Waals surface area contributed by atoms with E-state index in [1.54, 1.807) is 6.07 Å². The summed E-state index contributed by atoms with van der Waals surface area (Å²) >= 11 is 0. The molecule has 0 aliphatic rings. The highest BCUT2D eigenvalue weighted by molar-refractivity contribution is 5.93. The van der Waals surface area contributed by atoms with Gasteiger partial charge in [0.1, 0.15) is 11.9 Å². The number of Topliss-reactive ketones (excluding diaryl/α,β-unsaturated/α-hetero) is 1. The van der Waals surface area contributed by atoms with Gasteiger partial charge < -0.3 is 5.11 Å². The van der Waals surface area contributed by atoms with Crippen LogP contribution in [0, 0.1) is 5.82 Å². The molecule has 0 bridgehead atoms. The first-order valence-corrected chi connectivity index (χ1v) is 4.16. The van der Waals surface area contributed by atoms with Crippen LogP contribution in [0.25, 0.3) is 0 Å². The van der Waals surface area contributed by atoms with Crippen LogP contribution in [0.4, 0.5) is 4.39 Å². The van der Waals surface area contributed by atoms with Gasteiger partial charge in [0.05, 0.1) is 0 Å². The van der Waals surface area contributed by atoms with Crippen LogP contribution in [0.5, 0.6) is 0 Å². The van der Waals surface area contributed by atoms with Crippen molar-refractivity contribution in [3.05, 3.63) is 47.8 Å². The molecule has 1 aromatic rings. The molecule has 0 fully saturated rings. The first kappa shape index (κ1) is 10.6. The number of aliphatic hydroxyl groups excluding tert-OH is 1. The third kappa shape index (κ3) is 2.06. The average molecular weight is 194 g/mol. The van der Waals surface area contributed by atoms with Crippen LogP contribution in [-0.2, 0) is 4.79 Å². The average Bonchev–Trinajstić information content (AvgIpc) is 2.16. The maximum atomic E-state index is 13.2. The zero-order chi connectivity index (χ0) is 10.7. The van der Waals surface area contributed by atoms with E-state index in [2.05, 4.69) is 6.58 Å². The van der Waals surface area contributed by atoms with Gasteiger partial charge in [-0.3, -0.25) is 4.79 Å². The van der Waals surface area contributed by atoms with Crippen LogP contribution in [0.15, 0.2) is 36.4 Å². The fourth-order valence-corrected chi connectivity index (χ4v) is 1.08. The summed E-state index contributed by atoms with van der Waals surface area (Å²) in [5.41, 5.74) is 0.0720. The van der Waals surface area contributed by atoms with Crippen LogP contribution < -0.4 is 0 Å². The molecule has 2 nitrogen and oxygen atoms in total. The topological polar surface area (TPSA) is 37.3 Å². The van der Waals surface area contributed by atoms with Gasteiger partial charge in [-0.15, -0.1) is 0 Å². The second-order valence-electron chi connectivity index (χ2n) is 3.01. The van der Waals surface area contributed by atoms with Crippen molar-refractivity contribution in [3.63, 3.8) is 0 Å². The predicted octanol–water partition coefficient (Wildman–Crippen LogP) is 2.00. The standard InChI is InChI=1S/C11H11FO2/c1-7(8(2)13)11(14)9-5-3-4-6-10(9)12/h3-6,11,14H,1H2,2H3/t11-/m0/s1.